The van der Waals surface area contributed by atoms with Crippen molar-refractivity contribution in [3.63, 3.8) is 0 Å². The molecule has 0 bridgehead atoms. The Bertz CT molecular complexity index is 749. The molecule has 1 aromatic carbocycles. The van der Waals surface area contributed by atoms with Crippen molar-refractivity contribution in [3.05, 3.63) is 51.6 Å². The second kappa shape index (κ2) is 5.87. The van der Waals surface area contributed by atoms with Crippen LogP contribution in [0, 0.1) is 0 Å². The van der Waals surface area contributed by atoms with Gasteiger partial charge in [-0.15, -0.1) is 0 Å². The van der Waals surface area contributed by atoms with E-state index < -0.39 is 0 Å². The zero-order chi connectivity index (χ0) is 14.8. The van der Waals surface area contributed by atoms with Gasteiger partial charge in [0, 0.05) is 23.3 Å². The molecular weight excluding hydrogens is 352 g/mol. The minimum atomic E-state index is -0.124. The Hall–Kier alpha value is -1.86. The number of carbonyl (C=O) groups excluding carboxylic acids is 1. The molecule has 0 spiro atoms. The summed E-state index contributed by atoms with van der Waals surface area (Å²) in [4.78, 5) is 16.9. The monoisotopic (exact) mass is 362 g/mol. The molecule has 0 unspecified atom stereocenters. The van der Waals surface area contributed by atoms with E-state index in [4.69, 9.17) is 0 Å². The molecular formula is C14H11BrN4OS. The van der Waals surface area contributed by atoms with Crippen LogP contribution in [0.5, 0.6) is 0 Å². The summed E-state index contributed by atoms with van der Waals surface area (Å²) in [7, 11) is 1.85. The molecule has 0 saturated carbocycles. The summed E-state index contributed by atoms with van der Waals surface area (Å²) in [6.45, 7) is 0. The molecule has 106 valence electrons. The first kappa shape index (κ1) is 14.1. The lowest BCUT2D eigenvalue weighted by molar-refractivity contribution is 0.265. The Kier molecular flexibility index (Phi) is 3.94. The number of aryl methyl sites for hydroxylation is 1. The third-order valence-electron chi connectivity index (χ3n) is 2.75. The van der Waals surface area contributed by atoms with Crippen molar-refractivity contribution in [3.8, 4) is 0 Å². The van der Waals surface area contributed by atoms with Gasteiger partial charge < -0.3 is 5.32 Å². The Morgan fingerprint density at radius 1 is 1.38 bits per heavy atom. The number of hydrogen-bond acceptors (Lipinski definition) is 4. The van der Waals surface area contributed by atoms with Gasteiger partial charge in [-0.3, -0.25) is 9.48 Å². The minimum absolute atomic E-state index is 0.124. The largest absolute Gasteiger partial charge is 0.300 e. The minimum Gasteiger partial charge on any atom is -0.300 e. The zero-order valence-electron chi connectivity index (χ0n) is 11.1. The van der Waals surface area contributed by atoms with Crippen LogP contribution >= 0.6 is 27.7 Å². The van der Waals surface area contributed by atoms with Gasteiger partial charge in [0.2, 0.25) is 0 Å². The van der Waals surface area contributed by atoms with E-state index in [1.165, 1.54) is 0 Å². The molecule has 0 radical (unpaired) electrons. The van der Waals surface area contributed by atoms with Crippen LogP contribution in [0.25, 0.3) is 6.08 Å². The van der Waals surface area contributed by atoms with Crippen LogP contribution in [0.3, 0.4) is 0 Å². The fraction of sp³-hybridized carbons (Fsp3) is 0.0714. The molecule has 2 heterocycles. The normalized spacial score (nSPS) is 18.5. The lowest BCUT2D eigenvalue weighted by Gasteiger charge is -1.99. The quantitative estimate of drug-likeness (QED) is 0.885. The molecule has 2 aromatic rings. The number of carbonyl (C=O) groups is 1. The van der Waals surface area contributed by atoms with Gasteiger partial charge in [0.05, 0.1) is 16.8 Å². The number of nitrogens with one attached hydrogen (secondary N) is 1. The van der Waals surface area contributed by atoms with Gasteiger partial charge in [-0.1, -0.05) is 15.9 Å². The Labute approximate surface area is 134 Å². The van der Waals surface area contributed by atoms with E-state index in [-0.39, 0.29) is 5.24 Å². The van der Waals surface area contributed by atoms with Crippen LogP contribution in [0.4, 0.5) is 10.5 Å². The van der Waals surface area contributed by atoms with Crippen LogP contribution in [-0.4, -0.2) is 20.9 Å². The van der Waals surface area contributed by atoms with Gasteiger partial charge in [-0.25, -0.2) is 4.99 Å². The molecule has 5 nitrogen and oxygen atoms in total. The summed E-state index contributed by atoms with van der Waals surface area (Å²) in [5.74, 6) is 0.566. The highest BCUT2D eigenvalue weighted by Crippen LogP contribution is 2.28. The van der Waals surface area contributed by atoms with E-state index in [0.29, 0.717) is 5.84 Å². The summed E-state index contributed by atoms with van der Waals surface area (Å²) in [6, 6.07) is 7.59. The van der Waals surface area contributed by atoms with Crippen molar-refractivity contribution >= 4 is 50.5 Å². The molecule has 1 aliphatic rings. The average molecular weight is 363 g/mol. The SMILES string of the molecule is Cn1cc(C=C2SC(=O)NC2=Nc2ccc(Br)cc2)cn1. The van der Waals surface area contributed by atoms with Crippen molar-refractivity contribution < 1.29 is 4.79 Å². The number of aliphatic imine (C=N–C) groups is 1. The Balaban J connectivity index is 1.94. The standard InChI is InChI=1S/C14H11BrN4OS/c1-19-8-9(7-16-19)6-12-13(18-14(20)21-12)17-11-4-2-10(15)3-5-11/h2-8H,1H3,(H,17,18,20). The number of nitrogens with zero attached hydrogens (tertiary/aromatic N) is 3. The molecule has 1 aliphatic heterocycles. The third kappa shape index (κ3) is 3.43. The van der Waals surface area contributed by atoms with E-state index in [1.807, 2.05) is 43.6 Å². The van der Waals surface area contributed by atoms with Gasteiger partial charge in [0.1, 0.15) is 5.84 Å². The predicted octanol–water partition coefficient (Wildman–Crippen LogP) is 3.71. The molecule has 7 heteroatoms. The summed E-state index contributed by atoms with van der Waals surface area (Å²) >= 11 is 4.52. The second-order valence-electron chi connectivity index (χ2n) is 4.41. The fourth-order valence-corrected chi connectivity index (χ4v) is 2.82. The number of amidine groups is 1. The fourth-order valence-electron chi connectivity index (χ4n) is 1.82. The lowest BCUT2D eigenvalue weighted by atomic mass is 10.3. The number of rotatable bonds is 2. The molecule has 1 fully saturated rings. The predicted molar refractivity (Wildman–Crippen MR) is 88.5 cm³/mol. The molecule has 3 rings (SSSR count). The average Bonchev–Trinajstić information content (AvgIpc) is 2.99. The van der Waals surface area contributed by atoms with E-state index in [2.05, 4.69) is 31.3 Å². The maximum atomic E-state index is 11.6. The molecule has 21 heavy (non-hydrogen) atoms. The molecule has 0 aliphatic carbocycles. The van der Waals surface area contributed by atoms with Crippen LogP contribution in [-0.2, 0) is 7.05 Å². The van der Waals surface area contributed by atoms with E-state index in [1.54, 1.807) is 10.9 Å². The topological polar surface area (TPSA) is 59.3 Å². The number of amides is 1. The van der Waals surface area contributed by atoms with E-state index in [9.17, 15) is 4.79 Å². The summed E-state index contributed by atoms with van der Waals surface area (Å²) in [5.41, 5.74) is 1.72. The van der Waals surface area contributed by atoms with Gasteiger partial charge in [0.15, 0.2) is 0 Å². The first-order valence-electron chi connectivity index (χ1n) is 6.14. The zero-order valence-corrected chi connectivity index (χ0v) is 13.5. The Morgan fingerprint density at radius 3 is 2.81 bits per heavy atom. The first-order chi connectivity index (χ1) is 10.1. The van der Waals surface area contributed by atoms with E-state index in [0.717, 1.165) is 32.4 Å². The van der Waals surface area contributed by atoms with Crippen molar-refractivity contribution in [1.29, 1.82) is 0 Å². The van der Waals surface area contributed by atoms with Crippen LogP contribution in [0.2, 0.25) is 0 Å². The molecule has 0 atom stereocenters. The maximum absolute atomic E-state index is 11.6. The molecule has 1 aromatic heterocycles. The highest BCUT2D eigenvalue weighted by Gasteiger charge is 2.23. The van der Waals surface area contributed by atoms with Crippen molar-refractivity contribution in [2.75, 3.05) is 0 Å². The van der Waals surface area contributed by atoms with Crippen LogP contribution < -0.4 is 5.32 Å². The van der Waals surface area contributed by atoms with E-state index >= 15 is 0 Å². The first-order valence-corrected chi connectivity index (χ1v) is 7.75. The number of thioether (sulfide) groups is 1. The maximum Gasteiger partial charge on any atom is 0.289 e. The highest BCUT2D eigenvalue weighted by atomic mass is 79.9. The summed E-state index contributed by atoms with van der Waals surface area (Å²) in [5, 5.41) is 6.75. The summed E-state index contributed by atoms with van der Waals surface area (Å²) < 4.78 is 2.70. The van der Waals surface area contributed by atoms with Gasteiger partial charge >= 0.3 is 0 Å². The van der Waals surface area contributed by atoms with Gasteiger partial charge in [-0.2, -0.15) is 5.10 Å². The number of halogens is 1. The van der Waals surface area contributed by atoms with Crippen LogP contribution in [0.15, 0.2) is 51.0 Å². The van der Waals surface area contributed by atoms with Crippen molar-refractivity contribution in [2.24, 2.45) is 12.0 Å². The highest BCUT2D eigenvalue weighted by molar-refractivity contribution is 9.10. The van der Waals surface area contributed by atoms with Crippen molar-refractivity contribution in [2.45, 2.75) is 0 Å². The number of aromatic nitrogens is 2. The molecule has 1 saturated heterocycles. The number of hydrogen-bond donors (Lipinski definition) is 1. The van der Waals surface area contributed by atoms with Gasteiger partial charge in [0.25, 0.3) is 5.24 Å². The number of benzene rings is 1. The Morgan fingerprint density at radius 2 is 2.14 bits per heavy atom. The van der Waals surface area contributed by atoms with Crippen LogP contribution in [0.1, 0.15) is 5.56 Å². The van der Waals surface area contributed by atoms with Gasteiger partial charge in [-0.05, 0) is 42.1 Å². The third-order valence-corrected chi connectivity index (χ3v) is 4.09. The smallest absolute Gasteiger partial charge is 0.289 e. The summed E-state index contributed by atoms with van der Waals surface area (Å²) in [6.07, 6.45) is 5.52. The lowest BCUT2D eigenvalue weighted by Crippen LogP contribution is -2.18. The van der Waals surface area contributed by atoms with Crippen molar-refractivity contribution in [1.82, 2.24) is 15.1 Å². The second-order valence-corrected chi connectivity index (χ2v) is 6.34. The molecule has 1 amide bonds. The molecule has 1 N–H and O–H groups in total.